The first-order valence-electron chi connectivity index (χ1n) is 10.4. The summed E-state index contributed by atoms with van der Waals surface area (Å²) in [5.74, 6) is -0.0307. The molecule has 0 aromatic carbocycles. The minimum absolute atomic E-state index is 0.00521. The van der Waals surface area contributed by atoms with Crippen LogP contribution in [0.5, 0.6) is 0 Å². The monoisotopic (exact) mass is 451 g/mol. The van der Waals surface area contributed by atoms with Crippen molar-refractivity contribution in [3.63, 3.8) is 0 Å². The van der Waals surface area contributed by atoms with Crippen molar-refractivity contribution in [2.45, 2.75) is 18.8 Å². The second-order valence-electron chi connectivity index (χ2n) is 8.04. The molecule has 3 aromatic rings. The summed E-state index contributed by atoms with van der Waals surface area (Å²) in [6.45, 7) is 0.877. The van der Waals surface area contributed by atoms with Gasteiger partial charge in [-0.1, -0.05) is 6.07 Å². The first kappa shape index (κ1) is 20.6. The van der Waals surface area contributed by atoms with Crippen LogP contribution in [0.15, 0.2) is 24.4 Å². The van der Waals surface area contributed by atoms with Gasteiger partial charge in [0, 0.05) is 44.2 Å². The van der Waals surface area contributed by atoms with Crippen LogP contribution in [0.2, 0.25) is 0 Å². The Morgan fingerprint density at radius 2 is 1.94 bits per heavy atom. The third-order valence-electron chi connectivity index (χ3n) is 5.66. The van der Waals surface area contributed by atoms with Crippen molar-refractivity contribution >= 4 is 41.0 Å². The fraction of sp³-hybridized carbons (Fsp3) is 0.350. The lowest BCUT2D eigenvalue weighted by Crippen LogP contribution is -2.47. The first-order chi connectivity index (χ1) is 15.9. The Kier molecular flexibility index (Phi) is 4.99. The number of aromatic nitrogens is 5. The summed E-state index contributed by atoms with van der Waals surface area (Å²) in [6.07, 6.45) is 2.58. The van der Waals surface area contributed by atoms with Gasteiger partial charge in [-0.15, -0.1) is 15.3 Å². The molecule has 0 unspecified atom stereocenters. The fourth-order valence-corrected chi connectivity index (χ4v) is 3.57. The molecule has 1 saturated heterocycles. The van der Waals surface area contributed by atoms with Gasteiger partial charge >= 0.3 is 6.09 Å². The summed E-state index contributed by atoms with van der Waals surface area (Å²) in [6, 6.07) is 5.21. The van der Waals surface area contributed by atoms with Crippen LogP contribution < -0.4 is 16.0 Å². The van der Waals surface area contributed by atoms with E-state index in [4.69, 9.17) is 5.11 Å². The molecular weight excluding hydrogens is 430 g/mol. The molecule has 3 amide bonds. The van der Waals surface area contributed by atoms with E-state index in [1.54, 1.807) is 10.6 Å². The summed E-state index contributed by atoms with van der Waals surface area (Å²) >= 11 is 0. The van der Waals surface area contributed by atoms with Gasteiger partial charge in [-0.05, 0) is 24.5 Å². The van der Waals surface area contributed by atoms with Crippen molar-refractivity contribution in [2.24, 2.45) is 5.92 Å². The zero-order valence-corrected chi connectivity index (χ0v) is 17.6. The standard InChI is InChI=1S/C20H21N9O4/c1-21-18(31)16-13(6-14(25-26-16)23-17(30)10-2-3-10)22-19-24-15-5-4-11(9-29(15)27-19)12-7-28(8-12)20(32)33/h4-6,9-10,12H,2-3,7-8H2,1H3,(H,21,31)(H,32,33)(H2,22,23,25,27,30). The summed E-state index contributed by atoms with van der Waals surface area (Å²) in [5, 5.41) is 29.5. The highest BCUT2D eigenvalue weighted by Gasteiger charge is 2.32. The van der Waals surface area contributed by atoms with E-state index in [-0.39, 0.29) is 35.2 Å². The van der Waals surface area contributed by atoms with Crippen LogP contribution in [0.1, 0.15) is 34.8 Å². The van der Waals surface area contributed by atoms with E-state index in [1.807, 2.05) is 12.3 Å². The molecule has 13 heteroatoms. The number of carbonyl (C=O) groups excluding carboxylic acids is 2. The van der Waals surface area contributed by atoms with Gasteiger partial charge in [-0.25, -0.2) is 9.31 Å². The lowest BCUT2D eigenvalue weighted by molar-refractivity contribution is -0.117. The van der Waals surface area contributed by atoms with Gasteiger partial charge in [0.05, 0.1) is 5.69 Å². The minimum Gasteiger partial charge on any atom is -0.465 e. The summed E-state index contributed by atoms with van der Waals surface area (Å²) in [5.41, 5.74) is 1.85. The van der Waals surface area contributed by atoms with E-state index in [0.29, 0.717) is 24.4 Å². The van der Waals surface area contributed by atoms with Crippen molar-refractivity contribution in [2.75, 3.05) is 30.8 Å². The topological polar surface area (TPSA) is 167 Å². The van der Waals surface area contributed by atoms with Crippen LogP contribution in [-0.2, 0) is 4.79 Å². The normalized spacial score (nSPS) is 15.7. The summed E-state index contributed by atoms with van der Waals surface area (Å²) in [7, 11) is 1.48. The number of nitrogens with one attached hydrogen (secondary N) is 3. The number of likely N-dealkylation sites (tertiary alicyclic amines) is 1. The third kappa shape index (κ3) is 4.12. The van der Waals surface area contributed by atoms with Crippen LogP contribution >= 0.6 is 0 Å². The summed E-state index contributed by atoms with van der Waals surface area (Å²) < 4.78 is 1.59. The van der Waals surface area contributed by atoms with E-state index < -0.39 is 12.0 Å². The quantitative estimate of drug-likeness (QED) is 0.428. The Morgan fingerprint density at radius 3 is 2.64 bits per heavy atom. The number of amides is 3. The van der Waals surface area contributed by atoms with Gasteiger partial charge in [0.2, 0.25) is 11.9 Å². The van der Waals surface area contributed by atoms with Gasteiger partial charge in [0.1, 0.15) is 0 Å². The number of anilines is 3. The number of fused-ring (bicyclic) bond motifs is 1. The van der Waals surface area contributed by atoms with Gasteiger partial charge in [0.25, 0.3) is 5.91 Å². The Bertz CT molecular complexity index is 1260. The smallest absolute Gasteiger partial charge is 0.407 e. The maximum absolute atomic E-state index is 12.2. The fourth-order valence-electron chi connectivity index (χ4n) is 3.57. The second kappa shape index (κ2) is 8.00. The average Bonchev–Trinajstić information content (AvgIpc) is 3.53. The van der Waals surface area contributed by atoms with Crippen LogP contribution in [0.3, 0.4) is 0 Å². The zero-order chi connectivity index (χ0) is 23.1. The molecule has 170 valence electrons. The van der Waals surface area contributed by atoms with Crippen LogP contribution in [-0.4, -0.2) is 72.8 Å². The molecule has 13 nitrogen and oxygen atoms in total. The van der Waals surface area contributed by atoms with Crippen LogP contribution in [0, 0.1) is 5.92 Å². The summed E-state index contributed by atoms with van der Waals surface area (Å²) in [4.78, 5) is 41.1. The molecule has 4 N–H and O–H groups in total. The lowest BCUT2D eigenvalue weighted by Gasteiger charge is -2.37. The third-order valence-corrected chi connectivity index (χ3v) is 5.66. The number of hydrogen-bond donors (Lipinski definition) is 4. The highest BCUT2D eigenvalue weighted by Crippen LogP contribution is 2.31. The Hall–Kier alpha value is -4.29. The predicted molar refractivity (Wildman–Crippen MR) is 115 cm³/mol. The SMILES string of the molecule is CNC(=O)c1nnc(NC(=O)C2CC2)cc1Nc1nc2ccc(C3CN(C(=O)O)C3)cn2n1. The minimum atomic E-state index is -0.926. The number of pyridine rings is 1. The molecule has 1 aliphatic heterocycles. The molecule has 0 bridgehead atoms. The highest BCUT2D eigenvalue weighted by molar-refractivity contribution is 5.99. The number of hydrogen-bond acceptors (Lipinski definition) is 8. The number of rotatable bonds is 6. The molecule has 4 heterocycles. The largest absolute Gasteiger partial charge is 0.465 e. The molecule has 33 heavy (non-hydrogen) atoms. The van der Waals surface area contributed by atoms with Crippen molar-refractivity contribution in [1.29, 1.82) is 0 Å². The lowest BCUT2D eigenvalue weighted by atomic mass is 9.93. The predicted octanol–water partition coefficient (Wildman–Crippen LogP) is 1.05. The molecular formula is C20H21N9O4. The molecule has 0 radical (unpaired) electrons. The molecule has 0 spiro atoms. The van der Waals surface area contributed by atoms with Crippen LogP contribution in [0.25, 0.3) is 5.65 Å². The van der Waals surface area contributed by atoms with Gasteiger partial charge < -0.3 is 26.0 Å². The van der Waals surface area contributed by atoms with Gasteiger partial charge in [-0.3, -0.25) is 9.59 Å². The Balaban J connectivity index is 1.38. The van der Waals surface area contributed by atoms with Crippen LogP contribution in [0.4, 0.5) is 22.2 Å². The average molecular weight is 451 g/mol. The number of nitrogens with zero attached hydrogens (tertiary/aromatic N) is 6. The number of carboxylic acid groups (broad SMARTS) is 1. The molecule has 1 aliphatic carbocycles. The molecule has 2 fully saturated rings. The van der Waals surface area contributed by atoms with Crippen molar-refractivity contribution in [1.82, 2.24) is 35.0 Å². The van der Waals surface area contributed by atoms with Crippen molar-refractivity contribution < 1.29 is 19.5 Å². The van der Waals surface area contributed by atoms with E-state index in [1.165, 1.54) is 18.0 Å². The highest BCUT2D eigenvalue weighted by atomic mass is 16.4. The molecule has 2 aliphatic rings. The Morgan fingerprint density at radius 1 is 1.15 bits per heavy atom. The molecule has 1 saturated carbocycles. The van der Waals surface area contributed by atoms with Gasteiger partial charge in [0.15, 0.2) is 17.2 Å². The van der Waals surface area contributed by atoms with E-state index in [2.05, 4.69) is 36.2 Å². The molecule has 3 aromatic heterocycles. The Labute approximate surface area is 187 Å². The maximum Gasteiger partial charge on any atom is 0.407 e. The maximum atomic E-state index is 12.2. The first-order valence-corrected chi connectivity index (χ1v) is 10.4. The van der Waals surface area contributed by atoms with E-state index >= 15 is 0 Å². The zero-order valence-electron chi connectivity index (χ0n) is 17.6. The van der Waals surface area contributed by atoms with E-state index in [9.17, 15) is 14.4 Å². The number of carbonyl (C=O) groups is 3. The second-order valence-corrected chi connectivity index (χ2v) is 8.04. The van der Waals surface area contributed by atoms with Crippen molar-refractivity contribution in [3.05, 3.63) is 35.7 Å². The molecule has 5 rings (SSSR count). The van der Waals surface area contributed by atoms with E-state index in [0.717, 1.165) is 18.4 Å². The van der Waals surface area contributed by atoms with Gasteiger partial charge in [-0.2, -0.15) is 4.98 Å². The molecule has 0 atom stereocenters. The van der Waals surface area contributed by atoms with Crippen molar-refractivity contribution in [3.8, 4) is 0 Å².